The third-order valence-electron chi connectivity index (χ3n) is 0.466. The van der Waals surface area contributed by atoms with Crippen LogP contribution in [-0.4, -0.2) is 22.7 Å². The first-order valence-corrected chi connectivity index (χ1v) is 3.17. The molecule has 0 heterocycles. The van der Waals surface area contributed by atoms with Crippen LogP contribution in [-0.2, 0) is 9.78 Å². The summed E-state index contributed by atoms with van der Waals surface area (Å²) >= 11 is 0. The van der Waals surface area contributed by atoms with E-state index in [1.54, 1.807) is 20.8 Å². The first kappa shape index (κ1) is 13.2. The zero-order valence-corrected chi connectivity index (χ0v) is 7.20. The molecule has 4 nitrogen and oxygen atoms in total. The van der Waals surface area contributed by atoms with Gasteiger partial charge < -0.3 is 0 Å². The molecule has 0 saturated carbocycles. The molecule has 0 amide bonds. The lowest BCUT2D eigenvalue weighted by molar-refractivity contribution is -0.306. The van der Waals surface area contributed by atoms with Crippen molar-refractivity contribution in [3.05, 3.63) is 12.7 Å². The molecule has 11 heavy (non-hydrogen) atoms. The van der Waals surface area contributed by atoms with Gasteiger partial charge in [-0.05, 0) is 20.8 Å². The van der Waals surface area contributed by atoms with Gasteiger partial charge in [0.2, 0.25) is 0 Å². The number of hydrogen-bond acceptors (Lipinski definition) is 4. The van der Waals surface area contributed by atoms with Crippen LogP contribution in [0.15, 0.2) is 12.7 Å². The van der Waals surface area contributed by atoms with Gasteiger partial charge >= 0.3 is 0 Å². The zero-order valence-electron chi connectivity index (χ0n) is 7.20. The SMILES string of the molecule is C=CCOO.CC(C)(C)OO. The Morgan fingerprint density at radius 3 is 1.73 bits per heavy atom. The third kappa shape index (κ3) is 26.2. The van der Waals surface area contributed by atoms with Crippen molar-refractivity contribution in [2.24, 2.45) is 0 Å². The molecule has 0 unspecified atom stereocenters. The minimum atomic E-state index is -0.403. The second-order valence-corrected chi connectivity index (χ2v) is 2.79. The van der Waals surface area contributed by atoms with E-state index in [0.29, 0.717) is 0 Å². The smallest absolute Gasteiger partial charge is 0.0998 e. The van der Waals surface area contributed by atoms with E-state index in [1.807, 2.05) is 0 Å². The fourth-order valence-electron chi connectivity index (χ4n) is 0.0527. The highest BCUT2D eigenvalue weighted by Gasteiger charge is 2.06. The van der Waals surface area contributed by atoms with Gasteiger partial charge in [0.15, 0.2) is 0 Å². The Kier molecular flexibility index (Phi) is 9.21. The van der Waals surface area contributed by atoms with E-state index in [1.165, 1.54) is 6.08 Å². The molecule has 0 bridgehead atoms. The first-order chi connectivity index (χ1) is 4.97. The van der Waals surface area contributed by atoms with Gasteiger partial charge in [-0.3, -0.25) is 10.5 Å². The summed E-state index contributed by atoms with van der Waals surface area (Å²) in [6, 6.07) is 0. The molecule has 0 fully saturated rings. The number of rotatable bonds is 2. The largest absolute Gasteiger partial charge is 0.252 e. The van der Waals surface area contributed by atoms with E-state index >= 15 is 0 Å². The quantitative estimate of drug-likeness (QED) is 0.372. The van der Waals surface area contributed by atoms with Crippen molar-refractivity contribution >= 4 is 0 Å². The summed E-state index contributed by atoms with van der Waals surface area (Å²) < 4.78 is 0. The van der Waals surface area contributed by atoms with E-state index in [4.69, 9.17) is 10.5 Å². The van der Waals surface area contributed by atoms with E-state index in [0.717, 1.165) is 0 Å². The van der Waals surface area contributed by atoms with Gasteiger partial charge in [0, 0.05) is 0 Å². The van der Waals surface area contributed by atoms with Gasteiger partial charge in [-0.2, -0.15) is 0 Å². The Morgan fingerprint density at radius 1 is 1.36 bits per heavy atom. The van der Waals surface area contributed by atoms with Crippen LogP contribution in [0, 0.1) is 0 Å². The van der Waals surface area contributed by atoms with Gasteiger partial charge in [0.1, 0.15) is 0 Å². The highest BCUT2D eigenvalue weighted by molar-refractivity contribution is 4.61. The van der Waals surface area contributed by atoms with Gasteiger partial charge in [-0.15, -0.1) is 6.58 Å². The van der Waals surface area contributed by atoms with E-state index < -0.39 is 5.60 Å². The predicted octanol–water partition coefficient (Wildman–Crippen LogP) is 1.94. The molecule has 0 rings (SSSR count). The van der Waals surface area contributed by atoms with Gasteiger partial charge in [-0.25, -0.2) is 9.78 Å². The second-order valence-electron chi connectivity index (χ2n) is 2.79. The summed E-state index contributed by atoms with van der Waals surface area (Å²) in [6.45, 7) is 8.79. The van der Waals surface area contributed by atoms with Crippen molar-refractivity contribution in [1.82, 2.24) is 0 Å². The lowest BCUT2D eigenvalue weighted by Crippen LogP contribution is -2.15. The molecule has 0 atom stereocenters. The average molecular weight is 164 g/mol. The maximum atomic E-state index is 7.90. The van der Waals surface area contributed by atoms with Crippen LogP contribution in [0.3, 0.4) is 0 Å². The molecular weight excluding hydrogens is 148 g/mol. The molecule has 4 heteroatoms. The highest BCUT2D eigenvalue weighted by atomic mass is 17.1. The minimum absolute atomic E-state index is 0.208. The fraction of sp³-hybridized carbons (Fsp3) is 0.714. The molecule has 0 aliphatic carbocycles. The summed E-state index contributed by atoms with van der Waals surface area (Å²) in [4.78, 5) is 7.51. The maximum Gasteiger partial charge on any atom is 0.0998 e. The lowest BCUT2D eigenvalue weighted by Gasteiger charge is -2.10. The van der Waals surface area contributed by atoms with Crippen LogP contribution in [0.1, 0.15) is 20.8 Å². The molecule has 0 aromatic carbocycles. The van der Waals surface area contributed by atoms with E-state index in [-0.39, 0.29) is 6.61 Å². The van der Waals surface area contributed by atoms with Crippen molar-refractivity contribution in [2.45, 2.75) is 26.4 Å². The lowest BCUT2D eigenvalue weighted by atomic mass is 10.2. The number of hydrogen-bond donors (Lipinski definition) is 2. The molecule has 2 N–H and O–H groups in total. The minimum Gasteiger partial charge on any atom is -0.252 e. The van der Waals surface area contributed by atoms with Crippen molar-refractivity contribution < 1.29 is 20.3 Å². The standard InChI is InChI=1S/C4H10O2.C3H6O2/c1-4(2,3)6-5;1-2-3-5-4/h5H,1-3H3;2,4H,1,3H2. The van der Waals surface area contributed by atoms with Crippen LogP contribution in [0.4, 0.5) is 0 Å². The Labute approximate surface area is 66.9 Å². The summed E-state index contributed by atoms with van der Waals surface area (Å²) in [7, 11) is 0. The molecule has 0 spiro atoms. The summed E-state index contributed by atoms with van der Waals surface area (Å²) in [5, 5.41) is 15.4. The molecular formula is C7H16O4. The fourth-order valence-corrected chi connectivity index (χ4v) is 0.0527. The van der Waals surface area contributed by atoms with Crippen molar-refractivity contribution in [3.8, 4) is 0 Å². The summed E-state index contributed by atoms with van der Waals surface area (Å²) in [6.07, 6.45) is 1.46. The van der Waals surface area contributed by atoms with Crippen molar-refractivity contribution in [2.75, 3.05) is 6.61 Å². The topological polar surface area (TPSA) is 58.9 Å². The van der Waals surface area contributed by atoms with Crippen LogP contribution in [0.2, 0.25) is 0 Å². The van der Waals surface area contributed by atoms with Crippen LogP contribution >= 0.6 is 0 Å². The molecule has 0 aliphatic rings. The zero-order chi connectivity index (χ0) is 9.33. The molecule has 0 aromatic rings. The molecule has 0 saturated heterocycles. The highest BCUT2D eigenvalue weighted by Crippen LogP contribution is 2.01. The van der Waals surface area contributed by atoms with Crippen LogP contribution in [0.5, 0.6) is 0 Å². The molecule has 0 aliphatic heterocycles. The van der Waals surface area contributed by atoms with Crippen LogP contribution in [0.25, 0.3) is 0 Å². The van der Waals surface area contributed by atoms with Gasteiger partial charge in [-0.1, -0.05) is 6.08 Å². The average Bonchev–Trinajstić information content (AvgIpc) is 1.90. The monoisotopic (exact) mass is 164 g/mol. The second kappa shape index (κ2) is 7.68. The Morgan fingerprint density at radius 2 is 1.73 bits per heavy atom. The van der Waals surface area contributed by atoms with E-state index in [9.17, 15) is 0 Å². The first-order valence-electron chi connectivity index (χ1n) is 3.17. The van der Waals surface area contributed by atoms with E-state index in [2.05, 4.69) is 16.4 Å². The Balaban J connectivity index is 0. The van der Waals surface area contributed by atoms with Gasteiger partial charge in [0.25, 0.3) is 0 Å². The molecule has 0 radical (unpaired) electrons. The van der Waals surface area contributed by atoms with Crippen molar-refractivity contribution in [1.29, 1.82) is 0 Å². The van der Waals surface area contributed by atoms with Gasteiger partial charge in [0.05, 0.1) is 12.2 Å². The maximum absolute atomic E-state index is 7.90. The van der Waals surface area contributed by atoms with Crippen molar-refractivity contribution in [3.63, 3.8) is 0 Å². The summed E-state index contributed by atoms with van der Waals surface area (Å²) in [5.74, 6) is 0. The normalized spacial score (nSPS) is 9.91. The molecule has 68 valence electrons. The summed E-state index contributed by atoms with van der Waals surface area (Å²) in [5.41, 5.74) is -0.403. The Bertz CT molecular complexity index is 84.9. The Hall–Kier alpha value is -0.420. The third-order valence-corrected chi connectivity index (χ3v) is 0.466. The predicted molar refractivity (Wildman–Crippen MR) is 42.2 cm³/mol. The molecule has 0 aromatic heterocycles. The van der Waals surface area contributed by atoms with Crippen LogP contribution < -0.4 is 0 Å².